The summed E-state index contributed by atoms with van der Waals surface area (Å²) in [4.78, 5) is 42.5. The van der Waals surface area contributed by atoms with Gasteiger partial charge < -0.3 is 24.4 Å². The molecule has 8 heteroatoms. The number of carbonyl (C=O) groups excluding carboxylic acids is 3. The van der Waals surface area contributed by atoms with E-state index in [0.717, 1.165) is 12.8 Å². The molecule has 2 amide bonds. The van der Waals surface area contributed by atoms with E-state index in [4.69, 9.17) is 9.15 Å². The van der Waals surface area contributed by atoms with E-state index in [1.165, 1.54) is 0 Å². The summed E-state index contributed by atoms with van der Waals surface area (Å²) in [5.41, 5.74) is 1.96. The molecule has 0 aliphatic carbocycles. The largest absolute Gasteiger partial charge is 0.467 e. The molecule has 1 saturated heterocycles. The molecule has 0 spiro atoms. The highest BCUT2D eigenvalue weighted by Crippen LogP contribution is 2.24. The number of carbonyl (C=O) groups is 3. The van der Waals surface area contributed by atoms with Gasteiger partial charge in [0.25, 0.3) is 5.91 Å². The van der Waals surface area contributed by atoms with Gasteiger partial charge >= 0.3 is 5.97 Å². The maximum absolute atomic E-state index is 13.1. The fourth-order valence-corrected chi connectivity index (χ4v) is 3.74. The predicted octanol–water partition coefficient (Wildman–Crippen LogP) is 2.57. The molecule has 29 heavy (non-hydrogen) atoms. The molecular formula is C21H27N3O5. The van der Waals surface area contributed by atoms with Crippen LogP contribution in [0.3, 0.4) is 0 Å². The summed E-state index contributed by atoms with van der Waals surface area (Å²) in [7, 11) is 0. The predicted molar refractivity (Wildman–Crippen MR) is 105 cm³/mol. The summed E-state index contributed by atoms with van der Waals surface area (Å²) >= 11 is 0. The highest BCUT2D eigenvalue weighted by molar-refractivity contribution is 6.00. The van der Waals surface area contributed by atoms with Crippen LogP contribution in [0.15, 0.2) is 22.8 Å². The third kappa shape index (κ3) is 4.52. The molecule has 2 N–H and O–H groups in total. The molecule has 8 nitrogen and oxygen atoms in total. The fourth-order valence-electron chi connectivity index (χ4n) is 3.74. The summed E-state index contributed by atoms with van der Waals surface area (Å²) in [5, 5.41) is 2.87. The minimum Gasteiger partial charge on any atom is -0.467 e. The van der Waals surface area contributed by atoms with E-state index in [9.17, 15) is 14.4 Å². The highest BCUT2D eigenvalue weighted by Gasteiger charge is 2.31. The first-order chi connectivity index (χ1) is 13.9. The van der Waals surface area contributed by atoms with Crippen molar-refractivity contribution >= 4 is 17.8 Å². The first-order valence-electron chi connectivity index (χ1n) is 9.88. The lowest BCUT2D eigenvalue weighted by atomic mass is 9.96. The SMILES string of the molecule is CCOC(=O)c1c(C)[nH]c(C(=O)N2CCCC(C(=O)NCc3ccco3)C2)c1C. The van der Waals surface area contributed by atoms with Crippen LogP contribution in [0.25, 0.3) is 0 Å². The van der Waals surface area contributed by atoms with Crippen LogP contribution in [0.5, 0.6) is 0 Å². The number of aryl methyl sites for hydroxylation is 1. The van der Waals surface area contributed by atoms with Gasteiger partial charge in [-0.15, -0.1) is 0 Å². The summed E-state index contributed by atoms with van der Waals surface area (Å²) < 4.78 is 10.3. The van der Waals surface area contributed by atoms with E-state index in [2.05, 4.69) is 10.3 Å². The Morgan fingerprint density at radius 3 is 2.83 bits per heavy atom. The minimum absolute atomic E-state index is 0.0921. The van der Waals surface area contributed by atoms with Crippen LogP contribution < -0.4 is 5.32 Å². The molecule has 1 fully saturated rings. The first kappa shape index (κ1) is 20.7. The van der Waals surface area contributed by atoms with Gasteiger partial charge in [0.2, 0.25) is 5.91 Å². The Morgan fingerprint density at radius 1 is 1.34 bits per heavy atom. The van der Waals surface area contributed by atoms with Crippen LogP contribution >= 0.6 is 0 Å². The number of nitrogens with one attached hydrogen (secondary N) is 2. The average Bonchev–Trinajstić information content (AvgIpc) is 3.33. The van der Waals surface area contributed by atoms with Crippen molar-refractivity contribution in [3.63, 3.8) is 0 Å². The van der Waals surface area contributed by atoms with Gasteiger partial charge in [-0.05, 0) is 51.3 Å². The molecule has 2 aromatic rings. The smallest absolute Gasteiger partial charge is 0.340 e. The zero-order chi connectivity index (χ0) is 21.0. The van der Waals surface area contributed by atoms with Crippen LogP contribution in [0, 0.1) is 19.8 Å². The van der Waals surface area contributed by atoms with Gasteiger partial charge in [0.15, 0.2) is 0 Å². The van der Waals surface area contributed by atoms with Gasteiger partial charge in [0.1, 0.15) is 11.5 Å². The van der Waals surface area contributed by atoms with Crippen molar-refractivity contribution in [3.8, 4) is 0 Å². The van der Waals surface area contributed by atoms with Gasteiger partial charge in [0, 0.05) is 18.8 Å². The molecule has 3 heterocycles. The second-order valence-electron chi connectivity index (χ2n) is 7.23. The normalized spacial score (nSPS) is 16.5. The number of aromatic nitrogens is 1. The number of ether oxygens (including phenoxy) is 1. The summed E-state index contributed by atoms with van der Waals surface area (Å²) in [5.74, 6) is -0.323. The van der Waals surface area contributed by atoms with E-state index in [1.807, 2.05) is 0 Å². The number of H-pyrrole nitrogens is 1. The Morgan fingerprint density at radius 2 is 2.14 bits per heavy atom. The van der Waals surface area contributed by atoms with Crippen molar-refractivity contribution in [3.05, 3.63) is 46.7 Å². The maximum Gasteiger partial charge on any atom is 0.340 e. The second kappa shape index (κ2) is 8.98. The average molecular weight is 401 g/mol. The Labute approximate surface area is 169 Å². The third-order valence-electron chi connectivity index (χ3n) is 5.23. The molecule has 1 atom stereocenters. The van der Waals surface area contributed by atoms with Crippen molar-refractivity contribution in [1.82, 2.24) is 15.2 Å². The number of furan rings is 1. The van der Waals surface area contributed by atoms with Gasteiger partial charge in [-0.2, -0.15) is 0 Å². The number of aromatic amines is 1. The van der Waals surface area contributed by atoms with Gasteiger partial charge in [-0.1, -0.05) is 0 Å². The van der Waals surface area contributed by atoms with Crippen molar-refractivity contribution < 1.29 is 23.5 Å². The molecule has 0 bridgehead atoms. The third-order valence-corrected chi connectivity index (χ3v) is 5.23. The van der Waals surface area contributed by atoms with Crippen LogP contribution in [-0.2, 0) is 16.1 Å². The van der Waals surface area contributed by atoms with Crippen molar-refractivity contribution in [2.45, 2.75) is 40.2 Å². The molecule has 1 aliphatic rings. The maximum atomic E-state index is 13.1. The van der Waals surface area contributed by atoms with Crippen molar-refractivity contribution in [2.75, 3.05) is 19.7 Å². The van der Waals surface area contributed by atoms with E-state index < -0.39 is 5.97 Å². The number of piperidine rings is 1. The van der Waals surface area contributed by atoms with Gasteiger partial charge in [0.05, 0.1) is 30.9 Å². The van der Waals surface area contributed by atoms with Crippen LogP contribution in [-0.4, -0.2) is 47.4 Å². The number of amides is 2. The summed E-state index contributed by atoms with van der Waals surface area (Å²) in [6.45, 7) is 6.74. The van der Waals surface area contributed by atoms with Crippen LogP contribution in [0.2, 0.25) is 0 Å². The van der Waals surface area contributed by atoms with E-state index in [-0.39, 0.29) is 24.3 Å². The molecule has 0 aromatic carbocycles. The Balaban J connectivity index is 1.67. The molecule has 1 aliphatic heterocycles. The number of nitrogens with zero attached hydrogens (tertiary/aromatic N) is 1. The van der Waals surface area contributed by atoms with Crippen LogP contribution in [0.1, 0.15) is 57.6 Å². The lowest BCUT2D eigenvalue weighted by Gasteiger charge is -2.32. The quantitative estimate of drug-likeness (QED) is 0.724. The molecule has 3 rings (SSSR count). The standard InChI is InChI=1S/C21H27N3O5/c1-4-28-21(27)17-13(2)18(23-14(17)3)20(26)24-9-5-7-15(12-24)19(25)22-11-16-8-6-10-29-16/h6,8,10,15,23H,4-5,7,9,11-12H2,1-3H3,(H,22,25). The summed E-state index contributed by atoms with van der Waals surface area (Å²) in [6, 6.07) is 3.57. The monoisotopic (exact) mass is 401 g/mol. The minimum atomic E-state index is -0.438. The van der Waals surface area contributed by atoms with Crippen molar-refractivity contribution in [1.29, 1.82) is 0 Å². The van der Waals surface area contributed by atoms with Crippen LogP contribution in [0.4, 0.5) is 0 Å². The fraction of sp³-hybridized carbons (Fsp3) is 0.476. The zero-order valence-electron chi connectivity index (χ0n) is 17.0. The number of esters is 1. The molecule has 0 radical (unpaired) electrons. The van der Waals surface area contributed by atoms with E-state index in [1.54, 1.807) is 44.1 Å². The Hall–Kier alpha value is -3.03. The molecule has 0 saturated carbocycles. The number of hydrogen-bond acceptors (Lipinski definition) is 5. The Bertz CT molecular complexity index is 885. The second-order valence-corrected chi connectivity index (χ2v) is 7.23. The number of rotatable bonds is 6. The summed E-state index contributed by atoms with van der Waals surface area (Å²) in [6.07, 6.45) is 3.03. The highest BCUT2D eigenvalue weighted by atomic mass is 16.5. The van der Waals surface area contributed by atoms with Crippen molar-refractivity contribution in [2.24, 2.45) is 5.92 Å². The first-order valence-corrected chi connectivity index (χ1v) is 9.88. The Kier molecular flexibility index (Phi) is 6.41. The lowest BCUT2D eigenvalue weighted by molar-refractivity contribution is -0.126. The molecule has 156 valence electrons. The number of hydrogen-bond donors (Lipinski definition) is 2. The van der Waals surface area contributed by atoms with E-state index >= 15 is 0 Å². The topological polar surface area (TPSA) is 105 Å². The van der Waals surface area contributed by atoms with E-state index in [0.29, 0.717) is 47.9 Å². The van der Waals surface area contributed by atoms with Gasteiger partial charge in [-0.25, -0.2) is 4.79 Å². The lowest BCUT2D eigenvalue weighted by Crippen LogP contribution is -2.45. The zero-order valence-corrected chi connectivity index (χ0v) is 17.0. The molecule has 1 unspecified atom stereocenters. The van der Waals surface area contributed by atoms with Gasteiger partial charge in [-0.3, -0.25) is 9.59 Å². The molecular weight excluding hydrogens is 374 g/mol. The number of likely N-dealkylation sites (tertiary alicyclic amines) is 1. The molecule has 2 aromatic heterocycles.